The number of carbonyl (C=O) groups excluding carboxylic acids is 1. The highest BCUT2D eigenvalue weighted by Gasteiger charge is 2.33. The molecular formula is C11H12ClNO3S. The first-order chi connectivity index (χ1) is 8.06. The van der Waals surface area contributed by atoms with Gasteiger partial charge >= 0.3 is 5.97 Å². The van der Waals surface area contributed by atoms with Crippen molar-refractivity contribution in [2.24, 2.45) is 5.92 Å². The molecule has 1 unspecified atom stereocenters. The number of likely N-dealkylation sites (tertiary alicyclic amines) is 1. The van der Waals surface area contributed by atoms with Gasteiger partial charge in [-0.2, -0.15) is 0 Å². The lowest BCUT2D eigenvalue weighted by atomic mass is 10.1. The van der Waals surface area contributed by atoms with Crippen molar-refractivity contribution in [1.82, 2.24) is 4.90 Å². The SMILES string of the molecule is O=C(O)C1CC(=O)N(CCc2ccc(Cl)s2)C1. The van der Waals surface area contributed by atoms with Gasteiger partial charge in [0.15, 0.2) is 0 Å². The van der Waals surface area contributed by atoms with Gasteiger partial charge < -0.3 is 10.0 Å². The van der Waals surface area contributed by atoms with E-state index in [2.05, 4.69) is 0 Å². The summed E-state index contributed by atoms with van der Waals surface area (Å²) in [6.45, 7) is 0.896. The third-order valence-electron chi connectivity index (χ3n) is 2.82. The molecule has 1 fully saturated rings. The van der Waals surface area contributed by atoms with Crippen LogP contribution in [0, 0.1) is 5.92 Å². The Morgan fingerprint density at radius 3 is 2.88 bits per heavy atom. The molecule has 92 valence electrons. The number of hydrogen-bond acceptors (Lipinski definition) is 3. The summed E-state index contributed by atoms with van der Waals surface area (Å²) in [5, 5.41) is 8.84. The van der Waals surface area contributed by atoms with Crippen LogP contribution in [0.3, 0.4) is 0 Å². The van der Waals surface area contributed by atoms with E-state index in [-0.39, 0.29) is 12.3 Å². The summed E-state index contributed by atoms with van der Waals surface area (Å²) in [4.78, 5) is 25.1. The average molecular weight is 274 g/mol. The molecule has 1 aliphatic heterocycles. The zero-order chi connectivity index (χ0) is 12.4. The molecule has 0 spiro atoms. The van der Waals surface area contributed by atoms with Crippen LogP contribution in [0.15, 0.2) is 12.1 Å². The van der Waals surface area contributed by atoms with Gasteiger partial charge in [-0.25, -0.2) is 0 Å². The number of carboxylic acid groups (broad SMARTS) is 1. The first-order valence-electron chi connectivity index (χ1n) is 5.31. The van der Waals surface area contributed by atoms with Crippen LogP contribution in [0.25, 0.3) is 0 Å². The highest BCUT2D eigenvalue weighted by Crippen LogP contribution is 2.23. The predicted molar refractivity (Wildman–Crippen MR) is 65.4 cm³/mol. The minimum absolute atomic E-state index is 0.0694. The topological polar surface area (TPSA) is 57.6 Å². The van der Waals surface area contributed by atoms with Crippen molar-refractivity contribution in [3.05, 3.63) is 21.3 Å². The van der Waals surface area contributed by atoms with E-state index >= 15 is 0 Å². The molecular weight excluding hydrogens is 262 g/mol. The molecule has 0 aliphatic carbocycles. The van der Waals surface area contributed by atoms with Crippen molar-refractivity contribution in [3.8, 4) is 0 Å². The van der Waals surface area contributed by atoms with Crippen molar-refractivity contribution in [3.63, 3.8) is 0 Å². The molecule has 0 aromatic carbocycles. The number of rotatable bonds is 4. The Kier molecular flexibility index (Phi) is 3.69. The number of halogens is 1. The summed E-state index contributed by atoms with van der Waals surface area (Å²) in [5.41, 5.74) is 0. The van der Waals surface area contributed by atoms with Crippen LogP contribution in [-0.2, 0) is 16.0 Å². The van der Waals surface area contributed by atoms with Crippen molar-refractivity contribution in [2.75, 3.05) is 13.1 Å². The molecule has 4 nitrogen and oxygen atoms in total. The Hall–Kier alpha value is -1.07. The number of thiophene rings is 1. The van der Waals surface area contributed by atoms with E-state index in [1.165, 1.54) is 11.3 Å². The maximum atomic E-state index is 11.6. The van der Waals surface area contributed by atoms with Crippen LogP contribution >= 0.6 is 22.9 Å². The van der Waals surface area contributed by atoms with E-state index < -0.39 is 11.9 Å². The minimum Gasteiger partial charge on any atom is -0.481 e. The van der Waals surface area contributed by atoms with Gasteiger partial charge in [0, 0.05) is 24.4 Å². The molecule has 1 atom stereocenters. The van der Waals surface area contributed by atoms with Gasteiger partial charge in [0.2, 0.25) is 5.91 Å². The standard InChI is InChI=1S/C11H12ClNO3S/c12-9-2-1-8(17-9)3-4-13-6-7(11(15)16)5-10(13)14/h1-2,7H,3-6H2,(H,15,16). The zero-order valence-corrected chi connectivity index (χ0v) is 10.6. The smallest absolute Gasteiger partial charge is 0.308 e. The van der Waals surface area contributed by atoms with E-state index in [1.54, 1.807) is 4.90 Å². The van der Waals surface area contributed by atoms with Crippen LogP contribution in [0.2, 0.25) is 4.34 Å². The molecule has 1 aliphatic rings. The Morgan fingerprint density at radius 1 is 1.59 bits per heavy atom. The summed E-state index contributed by atoms with van der Waals surface area (Å²) in [5.74, 6) is -1.51. The Bertz CT molecular complexity index is 446. The van der Waals surface area contributed by atoms with Crippen molar-refractivity contribution >= 4 is 34.8 Å². The van der Waals surface area contributed by atoms with E-state index in [1.807, 2.05) is 12.1 Å². The van der Waals surface area contributed by atoms with Gasteiger partial charge in [-0.05, 0) is 18.6 Å². The van der Waals surface area contributed by atoms with E-state index in [9.17, 15) is 9.59 Å². The van der Waals surface area contributed by atoms with Crippen LogP contribution in [0.4, 0.5) is 0 Å². The minimum atomic E-state index is -0.889. The summed E-state index contributed by atoms with van der Waals surface area (Å²) in [7, 11) is 0. The third-order valence-corrected chi connectivity index (χ3v) is 4.11. The highest BCUT2D eigenvalue weighted by molar-refractivity contribution is 7.16. The molecule has 1 aromatic rings. The fraction of sp³-hybridized carbons (Fsp3) is 0.455. The highest BCUT2D eigenvalue weighted by atomic mass is 35.5. The molecule has 1 amide bonds. The average Bonchev–Trinajstić information content (AvgIpc) is 2.82. The van der Waals surface area contributed by atoms with Crippen LogP contribution in [-0.4, -0.2) is 35.0 Å². The van der Waals surface area contributed by atoms with E-state index in [0.717, 1.165) is 15.6 Å². The van der Waals surface area contributed by atoms with Crippen molar-refractivity contribution in [2.45, 2.75) is 12.8 Å². The number of nitrogens with zero attached hydrogens (tertiary/aromatic N) is 1. The van der Waals surface area contributed by atoms with Gasteiger partial charge in [0.1, 0.15) is 0 Å². The first-order valence-corrected chi connectivity index (χ1v) is 6.50. The van der Waals surface area contributed by atoms with Crippen molar-refractivity contribution in [1.29, 1.82) is 0 Å². The number of carbonyl (C=O) groups is 2. The number of amides is 1. The lowest BCUT2D eigenvalue weighted by Crippen LogP contribution is -2.28. The lowest BCUT2D eigenvalue weighted by Gasteiger charge is -2.14. The molecule has 6 heteroatoms. The van der Waals surface area contributed by atoms with Crippen LogP contribution in [0.1, 0.15) is 11.3 Å². The molecule has 2 heterocycles. The predicted octanol–water partition coefficient (Wildman–Crippen LogP) is 1.88. The zero-order valence-electron chi connectivity index (χ0n) is 9.06. The fourth-order valence-electron chi connectivity index (χ4n) is 1.88. The van der Waals surface area contributed by atoms with Gasteiger partial charge in [-0.1, -0.05) is 11.6 Å². The number of aliphatic carboxylic acids is 1. The summed E-state index contributed by atoms with van der Waals surface area (Å²) < 4.78 is 0.733. The number of hydrogen-bond donors (Lipinski definition) is 1. The largest absolute Gasteiger partial charge is 0.481 e. The Balaban J connectivity index is 1.88. The molecule has 1 aromatic heterocycles. The number of carboxylic acids is 1. The summed E-state index contributed by atoms with van der Waals surface area (Å²) >= 11 is 7.30. The summed E-state index contributed by atoms with van der Waals surface area (Å²) in [6, 6.07) is 3.76. The van der Waals surface area contributed by atoms with Gasteiger partial charge in [-0.3, -0.25) is 9.59 Å². The van der Waals surface area contributed by atoms with E-state index in [4.69, 9.17) is 16.7 Å². The van der Waals surface area contributed by atoms with Gasteiger partial charge in [-0.15, -0.1) is 11.3 Å². The Labute approximate surface area is 108 Å². The van der Waals surface area contributed by atoms with Crippen molar-refractivity contribution < 1.29 is 14.7 Å². The molecule has 2 rings (SSSR count). The normalized spacial score (nSPS) is 19.9. The quantitative estimate of drug-likeness (QED) is 0.911. The first kappa shape index (κ1) is 12.4. The monoisotopic (exact) mass is 273 g/mol. The molecule has 0 saturated carbocycles. The molecule has 1 N–H and O–H groups in total. The maximum absolute atomic E-state index is 11.6. The van der Waals surface area contributed by atoms with Crippen LogP contribution < -0.4 is 0 Å². The second-order valence-corrected chi connectivity index (χ2v) is 5.83. The fourth-order valence-corrected chi connectivity index (χ4v) is 2.96. The maximum Gasteiger partial charge on any atom is 0.308 e. The van der Waals surface area contributed by atoms with E-state index in [0.29, 0.717) is 13.1 Å². The van der Waals surface area contributed by atoms with Gasteiger partial charge in [0.05, 0.1) is 10.3 Å². The second kappa shape index (κ2) is 5.06. The molecule has 0 bridgehead atoms. The summed E-state index contributed by atoms with van der Waals surface area (Å²) in [6.07, 6.45) is 0.857. The molecule has 1 saturated heterocycles. The second-order valence-electron chi connectivity index (χ2n) is 4.03. The molecule has 17 heavy (non-hydrogen) atoms. The van der Waals surface area contributed by atoms with Crippen LogP contribution in [0.5, 0.6) is 0 Å². The third kappa shape index (κ3) is 2.98. The molecule has 0 radical (unpaired) electrons. The Morgan fingerprint density at radius 2 is 2.35 bits per heavy atom. The lowest BCUT2D eigenvalue weighted by molar-refractivity contribution is -0.141. The van der Waals surface area contributed by atoms with Gasteiger partial charge in [0.25, 0.3) is 0 Å².